The van der Waals surface area contributed by atoms with Gasteiger partial charge in [-0.15, -0.1) is 0 Å². The third-order valence-corrected chi connectivity index (χ3v) is 5.74. The Hall–Kier alpha value is -2.86. The third kappa shape index (κ3) is 6.33. The lowest BCUT2D eigenvalue weighted by molar-refractivity contribution is -0.138. The summed E-state index contributed by atoms with van der Waals surface area (Å²) >= 11 is 12.3. The normalized spacial score (nSPS) is 11.9. The van der Waals surface area contributed by atoms with E-state index in [0.717, 1.165) is 5.56 Å². The summed E-state index contributed by atoms with van der Waals surface area (Å²) in [6, 6.07) is 21.5. The smallest absolute Gasteiger partial charge is 0.317 e. The topological polar surface area (TPSA) is 66.8 Å². The van der Waals surface area contributed by atoms with Crippen molar-refractivity contribution in [2.24, 2.45) is 0 Å². The second-order valence-corrected chi connectivity index (χ2v) is 8.18. The van der Waals surface area contributed by atoms with Crippen LogP contribution in [0, 0.1) is 0 Å². The second-order valence-electron chi connectivity index (χ2n) is 7.40. The van der Waals surface area contributed by atoms with Crippen molar-refractivity contribution in [1.29, 1.82) is 0 Å². The van der Waals surface area contributed by atoms with Crippen LogP contribution in [0.3, 0.4) is 0 Å². The number of halogens is 2. The SMILES string of the molecule is CN(CCC(Oc1cccc(C(=O)c2cccc(Cl)c2Cl)c1)c1ccccc1)CC(=O)O. The number of hydrogen-bond acceptors (Lipinski definition) is 4. The van der Waals surface area contributed by atoms with Gasteiger partial charge in [0.1, 0.15) is 11.9 Å². The number of rotatable bonds is 10. The van der Waals surface area contributed by atoms with E-state index < -0.39 is 5.97 Å². The molecule has 1 atom stereocenters. The molecule has 3 rings (SSSR count). The fourth-order valence-corrected chi connectivity index (χ4v) is 3.70. The number of carboxylic acid groups (broad SMARTS) is 1. The Morgan fingerprint density at radius 3 is 2.44 bits per heavy atom. The summed E-state index contributed by atoms with van der Waals surface area (Å²) in [5.41, 5.74) is 1.72. The molecule has 0 amide bonds. The highest BCUT2D eigenvalue weighted by molar-refractivity contribution is 6.44. The Labute approximate surface area is 197 Å². The molecule has 0 radical (unpaired) electrons. The van der Waals surface area contributed by atoms with Crippen molar-refractivity contribution in [3.05, 3.63) is 99.5 Å². The number of nitrogens with zero attached hydrogens (tertiary/aromatic N) is 1. The Kier molecular flexibility index (Phi) is 8.28. The number of aliphatic carboxylic acids is 1. The van der Waals surface area contributed by atoms with Gasteiger partial charge >= 0.3 is 5.97 Å². The third-order valence-electron chi connectivity index (χ3n) is 4.92. The Bertz CT molecular complexity index is 1090. The number of carbonyl (C=O) groups excluding carboxylic acids is 1. The molecular formula is C25H23Cl2NO4. The van der Waals surface area contributed by atoms with Gasteiger partial charge in [-0.05, 0) is 36.9 Å². The van der Waals surface area contributed by atoms with Crippen molar-refractivity contribution in [3.63, 3.8) is 0 Å². The zero-order valence-electron chi connectivity index (χ0n) is 17.5. The zero-order chi connectivity index (χ0) is 23.1. The van der Waals surface area contributed by atoms with Crippen LogP contribution in [0.5, 0.6) is 5.75 Å². The van der Waals surface area contributed by atoms with Gasteiger partial charge in [0.05, 0.1) is 16.6 Å². The lowest BCUT2D eigenvalue weighted by Gasteiger charge is -2.23. The van der Waals surface area contributed by atoms with Gasteiger partial charge in [0.25, 0.3) is 0 Å². The molecule has 0 aliphatic heterocycles. The van der Waals surface area contributed by atoms with E-state index in [2.05, 4.69) is 0 Å². The average molecular weight is 472 g/mol. The fourth-order valence-electron chi connectivity index (χ4n) is 3.32. The number of ketones is 1. The summed E-state index contributed by atoms with van der Waals surface area (Å²) in [7, 11) is 1.75. The highest BCUT2D eigenvalue weighted by Gasteiger charge is 2.18. The minimum Gasteiger partial charge on any atom is -0.486 e. The molecule has 0 saturated carbocycles. The van der Waals surface area contributed by atoms with E-state index in [1.165, 1.54) is 0 Å². The van der Waals surface area contributed by atoms with Crippen LogP contribution in [0.1, 0.15) is 34.0 Å². The lowest BCUT2D eigenvalue weighted by Crippen LogP contribution is -2.28. The van der Waals surface area contributed by atoms with Crippen molar-refractivity contribution >= 4 is 35.0 Å². The van der Waals surface area contributed by atoms with Crippen LogP contribution in [0.4, 0.5) is 0 Å². The maximum atomic E-state index is 13.0. The minimum absolute atomic E-state index is 0.0497. The van der Waals surface area contributed by atoms with E-state index in [1.54, 1.807) is 54.4 Å². The minimum atomic E-state index is -0.879. The molecule has 166 valence electrons. The van der Waals surface area contributed by atoms with Crippen LogP contribution in [-0.4, -0.2) is 41.9 Å². The summed E-state index contributed by atoms with van der Waals surface area (Å²) < 4.78 is 6.25. The molecule has 7 heteroatoms. The standard InChI is InChI=1S/C25H23Cl2NO4/c1-28(16-23(29)30)14-13-22(17-7-3-2-4-8-17)32-19-10-5-9-18(15-19)25(31)20-11-6-12-21(26)24(20)27/h2-12,15,22H,13-14,16H2,1H3,(H,29,30). The first-order valence-corrected chi connectivity index (χ1v) is 10.8. The molecule has 0 heterocycles. The van der Waals surface area contributed by atoms with Crippen LogP contribution in [0.25, 0.3) is 0 Å². The summed E-state index contributed by atoms with van der Waals surface area (Å²) in [5.74, 6) is -0.597. The second kappa shape index (κ2) is 11.1. The van der Waals surface area contributed by atoms with Crippen LogP contribution in [0.2, 0.25) is 10.0 Å². The lowest BCUT2D eigenvalue weighted by atomic mass is 10.0. The van der Waals surface area contributed by atoms with Crippen molar-refractivity contribution in [2.75, 3.05) is 20.1 Å². The first-order valence-electron chi connectivity index (χ1n) is 10.1. The summed E-state index contributed by atoms with van der Waals surface area (Å²) in [6.45, 7) is 0.481. The Morgan fingerprint density at radius 2 is 1.72 bits per heavy atom. The summed E-state index contributed by atoms with van der Waals surface area (Å²) in [5, 5.41) is 9.53. The van der Waals surface area contributed by atoms with Crippen LogP contribution in [-0.2, 0) is 4.79 Å². The van der Waals surface area contributed by atoms with E-state index >= 15 is 0 Å². The van der Waals surface area contributed by atoms with E-state index in [1.807, 2.05) is 30.3 Å². The van der Waals surface area contributed by atoms with Crippen molar-refractivity contribution in [2.45, 2.75) is 12.5 Å². The first kappa shape index (κ1) is 23.8. The largest absolute Gasteiger partial charge is 0.486 e. The van der Waals surface area contributed by atoms with Gasteiger partial charge in [-0.3, -0.25) is 14.5 Å². The van der Waals surface area contributed by atoms with Gasteiger partial charge in [-0.1, -0.05) is 71.7 Å². The predicted octanol–water partition coefficient (Wildman–Crippen LogP) is 5.75. The molecule has 0 fully saturated rings. The molecule has 0 saturated heterocycles. The maximum Gasteiger partial charge on any atom is 0.317 e. The van der Waals surface area contributed by atoms with E-state index in [4.69, 9.17) is 33.0 Å². The number of ether oxygens (including phenoxy) is 1. The number of carbonyl (C=O) groups is 2. The number of likely N-dealkylation sites (N-methyl/N-ethyl adjacent to an activating group) is 1. The first-order chi connectivity index (χ1) is 15.3. The molecule has 1 unspecified atom stereocenters. The van der Waals surface area contributed by atoms with Gasteiger partial charge in [0.15, 0.2) is 5.78 Å². The van der Waals surface area contributed by atoms with Gasteiger partial charge in [0, 0.05) is 24.1 Å². The van der Waals surface area contributed by atoms with E-state index in [9.17, 15) is 9.59 Å². The molecule has 32 heavy (non-hydrogen) atoms. The molecule has 3 aromatic carbocycles. The van der Waals surface area contributed by atoms with Gasteiger partial charge in [-0.25, -0.2) is 0 Å². The Balaban J connectivity index is 1.81. The van der Waals surface area contributed by atoms with E-state index in [0.29, 0.717) is 34.9 Å². The number of hydrogen-bond donors (Lipinski definition) is 1. The monoisotopic (exact) mass is 471 g/mol. The highest BCUT2D eigenvalue weighted by atomic mass is 35.5. The molecule has 0 aliphatic carbocycles. The van der Waals surface area contributed by atoms with Crippen molar-refractivity contribution in [1.82, 2.24) is 4.90 Å². The Morgan fingerprint density at radius 1 is 1.00 bits per heavy atom. The van der Waals surface area contributed by atoms with Crippen LogP contribution < -0.4 is 4.74 Å². The summed E-state index contributed by atoms with van der Waals surface area (Å²) in [4.78, 5) is 25.7. The summed E-state index contributed by atoms with van der Waals surface area (Å²) in [6.07, 6.45) is 0.263. The molecule has 0 aromatic heterocycles. The van der Waals surface area contributed by atoms with Crippen LogP contribution in [0.15, 0.2) is 72.8 Å². The highest BCUT2D eigenvalue weighted by Crippen LogP contribution is 2.30. The van der Waals surface area contributed by atoms with Crippen molar-refractivity contribution in [3.8, 4) is 5.75 Å². The van der Waals surface area contributed by atoms with Gasteiger partial charge < -0.3 is 9.84 Å². The average Bonchev–Trinajstić information content (AvgIpc) is 2.78. The molecule has 1 N–H and O–H groups in total. The molecule has 0 spiro atoms. The molecule has 0 aliphatic rings. The molecule has 0 bridgehead atoms. The van der Waals surface area contributed by atoms with Gasteiger partial charge in [-0.2, -0.15) is 0 Å². The quantitative estimate of drug-likeness (QED) is 0.381. The van der Waals surface area contributed by atoms with Crippen LogP contribution >= 0.6 is 23.2 Å². The molecular weight excluding hydrogens is 449 g/mol. The zero-order valence-corrected chi connectivity index (χ0v) is 19.0. The predicted molar refractivity (Wildman–Crippen MR) is 126 cm³/mol. The molecule has 3 aromatic rings. The van der Waals surface area contributed by atoms with Crippen molar-refractivity contribution < 1.29 is 19.4 Å². The number of benzene rings is 3. The number of carboxylic acids is 1. The maximum absolute atomic E-state index is 13.0. The fraction of sp³-hybridized carbons (Fsp3) is 0.200. The van der Waals surface area contributed by atoms with Gasteiger partial charge in [0.2, 0.25) is 0 Å². The molecule has 5 nitrogen and oxygen atoms in total. The van der Waals surface area contributed by atoms with E-state index in [-0.39, 0.29) is 23.5 Å².